The van der Waals surface area contributed by atoms with Gasteiger partial charge in [-0.3, -0.25) is 0 Å². The Morgan fingerprint density at radius 3 is 2.92 bits per heavy atom. The van der Waals surface area contributed by atoms with Crippen molar-refractivity contribution in [2.45, 2.75) is 19.6 Å². The maximum Gasteiger partial charge on any atom is 0.0776 e. The van der Waals surface area contributed by atoms with Crippen molar-refractivity contribution >= 4 is 0 Å². The zero-order valence-electron chi connectivity index (χ0n) is 7.53. The van der Waals surface area contributed by atoms with Crippen molar-refractivity contribution in [3.8, 4) is 0 Å². The molecule has 0 aliphatic carbocycles. The van der Waals surface area contributed by atoms with E-state index in [4.69, 9.17) is 4.74 Å². The van der Waals surface area contributed by atoms with Crippen LogP contribution in [0.1, 0.15) is 18.6 Å². The molecule has 1 N–H and O–H groups in total. The Balaban J connectivity index is 2.52. The van der Waals surface area contributed by atoms with Crippen molar-refractivity contribution in [1.82, 2.24) is 4.57 Å². The van der Waals surface area contributed by atoms with Crippen LogP contribution in [0.3, 0.4) is 0 Å². The van der Waals surface area contributed by atoms with E-state index in [1.165, 1.54) is 0 Å². The van der Waals surface area contributed by atoms with Crippen LogP contribution in [-0.2, 0) is 11.3 Å². The number of aromatic nitrogens is 1. The van der Waals surface area contributed by atoms with Gasteiger partial charge in [0.15, 0.2) is 0 Å². The lowest BCUT2D eigenvalue weighted by molar-refractivity contribution is 0.186. The van der Waals surface area contributed by atoms with Gasteiger partial charge < -0.3 is 14.4 Å². The van der Waals surface area contributed by atoms with Gasteiger partial charge in [-0.15, -0.1) is 0 Å². The van der Waals surface area contributed by atoms with E-state index >= 15 is 0 Å². The van der Waals surface area contributed by atoms with Gasteiger partial charge in [0.1, 0.15) is 0 Å². The number of nitrogens with zero attached hydrogens (tertiary/aromatic N) is 1. The standard InChI is InChI=1S/C9H15NO2/c1-8(11)9-3-4-10(7-9)5-6-12-2/h3-4,7-8,11H,5-6H2,1-2H3. The Kier molecular flexibility index (Phi) is 3.31. The number of aliphatic hydroxyl groups is 1. The lowest BCUT2D eigenvalue weighted by Gasteiger charge is -2.01. The smallest absolute Gasteiger partial charge is 0.0776 e. The summed E-state index contributed by atoms with van der Waals surface area (Å²) in [7, 11) is 1.68. The predicted octanol–water partition coefficient (Wildman–Crippen LogP) is 1.19. The van der Waals surface area contributed by atoms with Crippen molar-refractivity contribution < 1.29 is 9.84 Å². The summed E-state index contributed by atoms with van der Waals surface area (Å²) in [4.78, 5) is 0. The van der Waals surface area contributed by atoms with Crippen LogP contribution in [0.25, 0.3) is 0 Å². The average Bonchev–Trinajstić information content (AvgIpc) is 2.48. The zero-order valence-corrected chi connectivity index (χ0v) is 7.53. The molecule has 3 heteroatoms. The molecule has 0 bridgehead atoms. The van der Waals surface area contributed by atoms with Gasteiger partial charge in [-0.05, 0) is 18.6 Å². The highest BCUT2D eigenvalue weighted by atomic mass is 16.5. The Labute approximate surface area is 72.6 Å². The van der Waals surface area contributed by atoms with Crippen LogP contribution in [0.5, 0.6) is 0 Å². The molecule has 0 saturated carbocycles. The molecule has 68 valence electrons. The van der Waals surface area contributed by atoms with Crippen molar-refractivity contribution in [1.29, 1.82) is 0 Å². The van der Waals surface area contributed by atoms with Crippen LogP contribution in [0.15, 0.2) is 18.5 Å². The second-order valence-electron chi connectivity index (χ2n) is 2.85. The SMILES string of the molecule is COCCn1ccc(C(C)O)c1. The number of methoxy groups -OCH3 is 1. The summed E-state index contributed by atoms with van der Waals surface area (Å²) in [5.74, 6) is 0. The minimum Gasteiger partial charge on any atom is -0.389 e. The minimum absolute atomic E-state index is 0.381. The van der Waals surface area contributed by atoms with Gasteiger partial charge in [-0.1, -0.05) is 0 Å². The lowest BCUT2D eigenvalue weighted by atomic mass is 10.2. The van der Waals surface area contributed by atoms with Gasteiger partial charge in [-0.2, -0.15) is 0 Å². The quantitative estimate of drug-likeness (QED) is 0.734. The summed E-state index contributed by atoms with van der Waals surface area (Å²) in [6.45, 7) is 3.30. The zero-order chi connectivity index (χ0) is 8.97. The maximum atomic E-state index is 9.22. The van der Waals surface area contributed by atoms with Gasteiger partial charge in [-0.25, -0.2) is 0 Å². The Hall–Kier alpha value is -0.800. The molecule has 1 rings (SSSR count). The van der Waals surface area contributed by atoms with E-state index in [-0.39, 0.29) is 6.10 Å². The summed E-state index contributed by atoms with van der Waals surface area (Å²) in [6, 6.07) is 1.92. The molecular formula is C9H15NO2. The van der Waals surface area contributed by atoms with Crippen molar-refractivity contribution in [2.75, 3.05) is 13.7 Å². The van der Waals surface area contributed by atoms with Crippen molar-refractivity contribution in [3.63, 3.8) is 0 Å². The summed E-state index contributed by atoms with van der Waals surface area (Å²) >= 11 is 0. The molecule has 0 amide bonds. The summed E-state index contributed by atoms with van der Waals surface area (Å²) in [5, 5.41) is 9.22. The van der Waals surface area contributed by atoms with Crippen molar-refractivity contribution in [3.05, 3.63) is 24.0 Å². The molecule has 0 aromatic carbocycles. The fourth-order valence-electron chi connectivity index (χ4n) is 1.04. The Bertz CT molecular complexity index is 230. The topological polar surface area (TPSA) is 34.4 Å². The van der Waals surface area contributed by atoms with Crippen LogP contribution < -0.4 is 0 Å². The Morgan fingerprint density at radius 1 is 1.67 bits per heavy atom. The number of rotatable bonds is 4. The van der Waals surface area contributed by atoms with E-state index in [1.807, 2.05) is 23.0 Å². The highest BCUT2D eigenvalue weighted by molar-refractivity contribution is 5.12. The first kappa shape index (κ1) is 9.29. The molecule has 1 atom stereocenters. The number of hydrogen-bond donors (Lipinski definition) is 1. The van der Waals surface area contributed by atoms with E-state index in [2.05, 4.69) is 0 Å². The second-order valence-corrected chi connectivity index (χ2v) is 2.85. The highest BCUT2D eigenvalue weighted by Gasteiger charge is 2.01. The molecule has 0 fully saturated rings. The third-order valence-corrected chi connectivity index (χ3v) is 1.81. The highest BCUT2D eigenvalue weighted by Crippen LogP contribution is 2.11. The third kappa shape index (κ3) is 2.36. The molecule has 0 aliphatic rings. The fourth-order valence-corrected chi connectivity index (χ4v) is 1.04. The Morgan fingerprint density at radius 2 is 2.42 bits per heavy atom. The first-order chi connectivity index (χ1) is 5.74. The van der Waals surface area contributed by atoms with Crippen LogP contribution in [-0.4, -0.2) is 23.4 Å². The summed E-state index contributed by atoms with van der Waals surface area (Å²) in [5.41, 5.74) is 0.950. The average molecular weight is 169 g/mol. The normalized spacial score (nSPS) is 13.2. The molecule has 0 saturated heterocycles. The van der Waals surface area contributed by atoms with E-state index in [1.54, 1.807) is 14.0 Å². The van der Waals surface area contributed by atoms with Gasteiger partial charge in [0, 0.05) is 26.0 Å². The summed E-state index contributed by atoms with van der Waals surface area (Å²) in [6.07, 6.45) is 3.50. The third-order valence-electron chi connectivity index (χ3n) is 1.81. The van der Waals surface area contributed by atoms with Gasteiger partial charge in [0.25, 0.3) is 0 Å². The lowest BCUT2D eigenvalue weighted by Crippen LogP contribution is -2.01. The molecule has 3 nitrogen and oxygen atoms in total. The maximum absolute atomic E-state index is 9.22. The second kappa shape index (κ2) is 4.28. The van der Waals surface area contributed by atoms with E-state index in [9.17, 15) is 5.11 Å². The van der Waals surface area contributed by atoms with Crippen LogP contribution in [0, 0.1) is 0 Å². The number of ether oxygens (including phenoxy) is 1. The monoisotopic (exact) mass is 169 g/mol. The predicted molar refractivity (Wildman–Crippen MR) is 46.9 cm³/mol. The number of hydrogen-bond acceptors (Lipinski definition) is 2. The minimum atomic E-state index is -0.381. The van der Waals surface area contributed by atoms with Crippen LogP contribution in [0.4, 0.5) is 0 Å². The van der Waals surface area contributed by atoms with Gasteiger partial charge in [0.2, 0.25) is 0 Å². The molecule has 1 aromatic heterocycles. The largest absolute Gasteiger partial charge is 0.389 e. The van der Waals surface area contributed by atoms with E-state index in [0.717, 1.165) is 12.1 Å². The first-order valence-electron chi connectivity index (χ1n) is 4.06. The molecule has 12 heavy (non-hydrogen) atoms. The molecule has 1 unspecified atom stereocenters. The molecular weight excluding hydrogens is 154 g/mol. The van der Waals surface area contributed by atoms with E-state index < -0.39 is 0 Å². The molecule has 0 spiro atoms. The fraction of sp³-hybridized carbons (Fsp3) is 0.556. The first-order valence-corrected chi connectivity index (χ1v) is 4.06. The molecule has 0 radical (unpaired) electrons. The van der Waals surface area contributed by atoms with Gasteiger partial charge >= 0.3 is 0 Å². The molecule has 1 heterocycles. The molecule has 0 aliphatic heterocycles. The molecule has 1 aromatic rings. The van der Waals surface area contributed by atoms with Crippen LogP contribution >= 0.6 is 0 Å². The van der Waals surface area contributed by atoms with Gasteiger partial charge in [0.05, 0.1) is 12.7 Å². The van der Waals surface area contributed by atoms with Crippen LogP contribution in [0.2, 0.25) is 0 Å². The van der Waals surface area contributed by atoms with Crippen molar-refractivity contribution in [2.24, 2.45) is 0 Å². The van der Waals surface area contributed by atoms with E-state index in [0.29, 0.717) is 6.61 Å². The summed E-state index contributed by atoms with van der Waals surface area (Å²) < 4.78 is 6.94. The number of aliphatic hydroxyl groups excluding tert-OH is 1.